The highest BCUT2D eigenvalue weighted by Gasteiger charge is 2.19. The van der Waals surface area contributed by atoms with Gasteiger partial charge < -0.3 is 14.2 Å². The zero-order chi connectivity index (χ0) is 55.7. The summed E-state index contributed by atoms with van der Waals surface area (Å²) in [6.07, 6.45) is 86.5. The van der Waals surface area contributed by atoms with Crippen LogP contribution in [0.3, 0.4) is 0 Å². The third-order valence-electron chi connectivity index (χ3n) is 14.4. The van der Waals surface area contributed by atoms with E-state index in [0.29, 0.717) is 12.8 Å². The first-order valence-electron chi connectivity index (χ1n) is 33.1. The molecule has 0 fully saturated rings. The molecule has 0 aliphatic heterocycles. The van der Waals surface area contributed by atoms with Gasteiger partial charge in [0.1, 0.15) is 13.2 Å². The minimum atomic E-state index is -0.834. The van der Waals surface area contributed by atoms with Crippen LogP contribution in [0.15, 0.2) is 85.1 Å². The number of esters is 3. The minimum Gasteiger partial charge on any atom is -0.462 e. The lowest BCUT2D eigenvalue weighted by Gasteiger charge is -2.18. The molecule has 0 spiro atoms. The van der Waals surface area contributed by atoms with Crippen LogP contribution < -0.4 is 0 Å². The molecular weight excluding hydrogens is 949 g/mol. The summed E-state index contributed by atoms with van der Waals surface area (Å²) in [6.45, 7) is 6.45. The molecule has 77 heavy (non-hydrogen) atoms. The van der Waals surface area contributed by atoms with Crippen LogP contribution in [0.1, 0.15) is 329 Å². The third kappa shape index (κ3) is 63.3. The molecule has 1 atom stereocenters. The normalized spacial score (nSPS) is 12.6. The smallest absolute Gasteiger partial charge is 0.310 e. The van der Waals surface area contributed by atoms with Crippen molar-refractivity contribution < 1.29 is 28.6 Å². The van der Waals surface area contributed by atoms with Gasteiger partial charge in [-0.05, 0) is 96.3 Å². The number of allylic oxidation sites excluding steroid dienone is 13. The summed E-state index contributed by atoms with van der Waals surface area (Å²) in [6, 6.07) is 0. The van der Waals surface area contributed by atoms with Crippen molar-refractivity contribution in [3.8, 4) is 0 Å². The first-order chi connectivity index (χ1) is 38.0. The molecule has 0 amide bonds. The van der Waals surface area contributed by atoms with Gasteiger partial charge in [-0.2, -0.15) is 0 Å². The van der Waals surface area contributed by atoms with Crippen LogP contribution in [0.4, 0.5) is 0 Å². The maximum absolute atomic E-state index is 12.8. The van der Waals surface area contributed by atoms with E-state index in [0.717, 1.165) is 83.5 Å². The quantitative estimate of drug-likeness (QED) is 0.0261. The molecule has 0 heterocycles. The van der Waals surface area contributed by atoms with Crippen LogP contribution in [-0.2, 0) is 28.6 Å². The summed E-state index contributed by atoms with van der Waals surface area (Å²) in [5.74, 6) is -1.04. The van der Waals surface area contributed by atoms with E-state index < -0.39 is 12.1 Å². The van der Waals surface area contributed by atoms with Crippen molar-refractivity contribution in [3.05, 3.63) is 85.1 Å². The fraction of sp³-hybridized carbons (Fsp3) is 0.761. The van der Waals surface area contributed by atoms with Gasteiger partial charge in [0.05, 0.1) is 6.42 Å². The molecule has 0 aromatic heterocycles. The van der Waals surface area contributed by atoms with Crippen LogP contribution in [0.25, 0.3) is 0 Å². The largest absolute Gasteiger partial charge is 0.462 e. The van der Waals surface area contributed by atoms with Gasteiger partial charge in [-0.3, -0.25) is 14.4 Å². The highest BCUT2D eigenvalue weighted by atomic mass is 16.6. The Morgan fingerprint density at radius 2 is 0.545 bits per heavy atom. The van der Waals surface area contributed by atoms with Gasteiger partial charge in [0.15, 0.2) is 6.10 Å². The van der Waals surface area contributed by atoms with Crippen molar-refractivity contribution in [2.24, 2.45) is 0 Å². The average molecular weight is 1070 g/mol. The van der Waals surface area contributed by atoms with E-state index >= 15 is 0 Å². The van der Waals surface area contributed by atoms with Crippen molar-refractivity contribution >= 4 is 17.9 Å². The van der Waals surface area contributed by atoms with E-state index in [9.17, 15) is 14.4 Å². The van der Waals surface area contributed by atoms with E-state index in [4.69, 9.17) is 14.2 Å². The number of ether oxygens (including phenoxy) is 3. The molecule has 0 aliphatic rings. The first kappa shape index (κ1) is 73.6. The Bertz CT molecular complexity index is 1470. The Hall–Kier alpha value is -3.41. The second-order valence-electron chi connectivity index (χ2n) is 22.0. The van der Waals surface area contributed by atoms with Crippen LogP contribution in [0.5, 0.6) is 0 Å². The highest BCUT2D eigenvalue weighted by molar-refractivity contribution is 5.72. The van der Waals surface area contributed by atoms with Gasteiger partial charge in [0.25, 0.3) is 0 Å². The van der Waals surface area contributed by atoms with Crippen molar-refractivity contribution in [1.82, 2.24) is 0 Å². The predicted octanol–water partition coefficient (Wildman–Crippen LogP) is 22.7. The monoisotopic (exact) mass is 1070 g/mol. The number of unbranched alkanes of at least 4 members (excludes halogenated alkanes) is 36. The predicted molar refractivity (Wildman–Crippen MR) is 334 cm³/mol. The van der Waals surface area contributed by atoms with E-state index in [-0.39, 0.29) is 31.6 Å². The minimum absolute atomic E-state index is 0.0964. The fourth-order valence-electron chi connectivity index (χ4n) is 9.45. The maximum Gasteiger partial charge on any atom is 0.310 e. The standard InChI is InChI=1S/C71H124O6/c1-4-7-10-13-16-19-22-25-27-28-29-30-31-32-33-34-35-36-37-38-39-40-41-42-44-46-49-52-55-58-61-64-70(73)76-67-68(66-75-69(72)63-60-57-54-51-48-45-24-21-18-15-12-9-6-3)77-71(74)65-62-59-56-53-50-47-43-26-23-20-17-14-11-8-5-2/h8,11,17,20-21,24,26,28-29,43,50,53,59,62,68H,4-7,9-10,12-16,18-19,22-23,25,27,30-42,44-49,51-52,54-58,60-61,63-67H2,1-3H3/b11-8-,20-17-,24-21-,29-28-,43-26-,53-50-,62-59-. The molecule has 0 radical (unpaired) electrons. The Balaban J connectivity index is 4.21. The van der Waals surface area contributed by atoms with Crippen molar-refractivity contribution in [1.29, 1.82) is 0 Å². The van der Waals surface area contributed by atoms with Gasteiger partial charge in [-0.25, -0.2) is 0 Å². The van der Waals surface area contributed by atoms with Gasteiger partial charge in [0, 0.05) is 12.8 Å². The SMILES string of the molecule is CC/C=C\C/C=C\C/C=C\C/C=C\C/C=C\CC(=O)OC(COC(=O)CCCCCCC/C=C\CCCCCC)COC(=O)CCCCCCCCCCCCCCCCCCCCC/C=C\CCCCCCCCCC. The Morgan fingerprint density at radius 3 is 0.857 bits per heavy atom. The molecule has 0 saturated carbocycles. The Labute approximate surface area is 477 Å². The second-order valence-corrected chi connectivity index (χ2v) is 22.0. The van der Waals surface area contributed by atoms with E-state index in [2.05, 4.69) is 93.7 Å². The average Bonchev–Trinajstić information content (AvgIpc) is 3.43. The lowest BCUT2D eigenvalue weighted by atomic mass is 10.0. The molecular formula is C71H124O6. The molecule has 6 heteroatoms. The van der Waals surface area contributed by atoms with Gasteiger partial charge in [0.2, 0.25) is 0 Å². The van der Waals surface area contributed by atoms with Crippen LogP contribution >= 0.6 is 0 Å². The number of rotatable bonds is 60. The molecule has 0 N–H and O–H groups in total. The highest BCUT2D eigenvalue weighted by Crippen LogP contribution is 2.17. The van der Waals surface area contributed by atoms with Crippen LogP contribution in [0.2, 0.25) is 0 Å². The molecule has 0 aromatic rings. The summed E-state index contributed by atoms with van der Waals surface area (Å²) in [7, 11) is 0. The molecule has 0 saturated heterocycles. The fourth-order valence-corrected chi connectivity index (χ4v) is 9.45. The van der Waals surface area contributed by atoms with Crippen molar-refractivity contribution in [2.75, 3.05) is 13.2 Å². The summed E-state index contributed by atoms with van der Waals surface area (Å²) < 4.78 is 16.8. The molecule has 6 nitrogen and oxygen atoms in total. The van der Waals surface area contributed by atoms with Gasteiger partial charge in [-0.1, -0.05) is 298 Å². The summed E-state index contributed by atoms with van der Waals surface area (Å²) >= 11 is 0. The molecule has 0 aliphatic carbocycles. The lowest BCUT2D eigenvalue weighted by Crippen LogP contribution is -2.30. The zero-order valence-electron chi connectivity index (χ0n) is 51.0. The van der Waals surface area contributed by atoms with Gasteiger partial charge in [-0.15, -0.1) is 0 Å². The second kappa shape index (κ2) is 65.1. The summed E-state index contributed by atoms with van der Waals surface area (Å²) in [4.78, 5) is 38.2. The molecule has 444 valence electrons. The molecule has 0 rings (SSSR count). The number of carbonyl (C=O) groups is 3. The molecule has 0 bridgehead atoms. The van der Waals surface area contributed by atoms with E-state index in [1.807, 2.05) is 6.08 Å². The van der Waals surface area contributed by atoms with E-state index in [1.165, 1.54) is 205 Å². The molecule has 0 aromatic carbocycles. The van der Waals surface area contributed by atoms with Crippen molar-refractivity contribution in [3.63, 3.8) is 0 Å². The number of carbonyl (C=O) groups excluding carboxylic acids is 3. The topological polar surface area (TPSA) is 78.9 Å². The Morgan fingerprint density at radius 1 is 0.286 bits per heavy atom. The Kier molecular flexibility index (Phi) is 62.2. The first-order valence-corrected chi connectivity index (χ1v) is 33.1. The number of hydrogen-bond acceptors (Lipinski definition) is 6. The summed E-state index contributed by atoms with van der Waals surface area (Å²) in [5, 5.41) is 0. The molecule has 1 unspecified atom stereocenters. The summed E-state index contributed by atoms with van der Waals surface area (Å²) in [5.41, 5.74) is 0. The van der Waals surface area contributed by atoms with E-state index in [1.54, 1.807) is 6.08 Å². The van der Waals surface area contributed by atoms with Gasteiger partial charge >= 0.3 is 17.9 Å². The lowest BCUT2D eigenvalue weighted by molar-refractivity contribution is -0.166. The zero-order valence-corrected chi connectivity index (χ0v) is 51.0. The number of hydrogen-bond donors (Lipinski definition) is 0. The third-order valence-corrected chi connectivity index (χ3v) is 14.4. The van der Waals surface area contributed by atoms with Crippen molar-refractivity contribution in [2.45, 2.75) is 335 Å². The van der Waals surface area contributed by atoms with Crippen LogP contribution in [0, 0.1) is 0 Å². The maximum atomic E-state index is 12.8. The van der Waals surface area contributed by atoms with Crippen LogP contribution in [-0.4, -0.2) is 37.2 Å².